The number of benzene rings is 6. The molecule has 6 aromatic carbocycles. The van der Waals surface area contributed by atoms with Gasteiger partial charge in [-0.1, -0.05) is 168 Å². The number of fused-ring (bicyclic) bond motifs is 5. The lowest BCUT2D eigenvalue weighted by Gasteiger charge is -2.61. The average Bonchev–Trinajstić information content (AvgIpc) is 2.53. The summed E-state index contributed by atoms with van der Waals surface area (Å²) in [5, 5.41) is 41.2. The Labute approximate surface area is 510 Å². The monoisotopic (exact) mass is 1190 g/mol. The van der Waals surface area contributed by atoms with E-state index in [4.69, 9.17) is 32.7 Å². The van der Waals surface area contributed by atoms with Crippen LogP contribution in [-0.2, 0) is 13.2 Å². The molecule has 4 aliphatic rings. The van der Waals surface area contributed by atoms with Gasteiger partial charge < -0.3 is 29.9 Å². The summed E-state index contributed by atoms with van der Waals surface area (Å²) in [6.07, 6.45) is 19.3. The van der Waals surface area contributed by atoms with Crippen molar-refractivity contribution in [3.63, 3.8) is 0 Å². The zero-order valence-corrected chi connectivity index (χ0v) is 51.1. The highest BCUT2D eigenvalue weighted by Crippen LogP contribution is 2.69. The van der Waals surface area contributed by atoms with E-state index < -0.39 is 23.9 Å². The van der Waals surface area contributed by atoms with Gasteiger partial charge >= 0.3 is 23.9 Å². The number of rotatable bonds is 22. The van der Waals surface area contributed by atoms with Gasteiger partial charge in [0.1, 0.15) is 24.3 Å². The van der Waals surface area contributed by atoms with Crippen molar-refractivity contribution in [2.75, 3.05) is 0 Å². The summed E-state index contributed by atoms with van der Waals surface area (Å²) in [5.41, 5.74) is 6.14. The molecular weight excluding hydrogens is 1110 g/mol. The largest absolute Gasteiger partial charge is 0.486 e. The van der Waals surface area contributed by atoms with Crippen LogP contribution in [0.1, 0.15) is 188 Å². The number of allylic oxidation sites excluding steroid dienone is 1. The number of ether oxygens (including phenoxy) is 2. The fourth-order valence-electron chi connectivity index (χ4n) is 16.3. The minimum Gasteiger partial charge on any atom is -0.486 e. The fourth-order valence-corrected chi connectivity index (χ4v) is 16.9. The topological polar surface area (TPSA) is 168 Å². The summed E-state index contributed by atoms with van der Waals surface area (Å²) in [5.74, 6) is 1.29. The van der Waals surface area contributed by atoms with Crippen LogP contribution in [0.5, 0.6) is 11.5 Å². The molecule has 10 nitrogen and oxygen atoms in total. The molecule has 9 atom stereocenters. The molecule has 1 unspecified atom stereocenters. The number of carboxylic acid groups (broad SMARTS) is 4. The number of halogens is 2. The second kappa shape index (κ2) is 26.0. The third kappa shape index (κ3) is 13.0. The first-order chi connectivity index (χ1) is 40.7. The van der Waals surface area contributed by atoms with Gasteiger partial charge in [-0.05, 0) is 215 Å². The molecule has 85 heavy (non-hydrogen) atoms. The molecule has 0 aromatic heterocycles. The first-order valence-corrected chi connectivity index (χ1v) is 31.4. The SMILES string of the molecule is CC(C)CCCC(C)[C@H]1CC[C@H]2[C@@H]3CC[C@H]4C[C@@H](CCC=C(c5cc(Cl)c(OCc6ccc(-c7ccccc7C(=O)O)cc6)c(C(=O)O)c5)c5cc(Cl)c(OCc6ccc(-c7ccccc7C(=O)O)cc6)c(C(=O)O)c5)CC[C@]4(C)[C@H]3CC[C@]12C. The van der Waals surface area contributed by atoms with Gasteiger partial charge in [-0.15, -0.1) is 0 Å². The van der Waals surface area contributed by atoms with E-state index in [9.17, 15) is 39.6 Å². The third-order valence-corrected chi connectivity index (χ3v) is 21.2. The molecule has 12 heteroatoms. The van der Waals surface area contributed by atoms with Gasteiger partial charge in [-0.25, -0.2) is 19.2 Å². The molecule has 4 aliphatic carbocycles. The summed E-state index contributed by atoms with van der Waals surface area (Å²) in [6, 6.07) is 34.1. The highest BCUT2D eigenvalue weighted by molar-refractivity contribution is 6.33. The van der Waals surface area contributed by atoms with Crippen LogP contribution >= 0.6 is 23.2 Å². The molecule has 0 spiro atoms. The lowest BCUT2D eigenvalue weighted by Crippen LogP contribution is -2.53. The number of hydrogen-bond acceptors (Lipinski definition) is 6. The van der Waals surface area contributed by atoms with Crippen LogP contribution in [0.2, 0.25) is 10.0 Å². The Morgan fingerprint density at radius 3 is 1.58 bits per heavy atom. The second-order valence-corrected chi connectivity index (χ2v) is 26.8. The molecule has 6 aromatic rings. The van der Waals surface area contributed by atoms with E-state index in [1.807, 2.05) is 0 Å². The van der Waals surface area contributed by atoms with E-state index in [0.29, 0.717) is 79.2 Å². The Kier molecular flexibility index (Phi) is 18.7. The maximum absolute atomic E-state index is 13.2. The zero-order chi connectivity index (χ0) is 60.3. The molecule has 446 valence electrons. The molecule has 0 bridgehead atoms. The van der Waals surface area contributed by atoms with Gasteiger partial charge in [0.15, 0.2) is 11.5 Å². The van der Waals surface area contributed by atoms with E-state index in [0.717, 1.165) is 48.3 Å². The Bertz CT molecular complexity index is 3300. The van der Waals surface area contributed by atoms with Gasteiger partial charge in [0, 0.05) is 0 Å². The number of aromatic carboxylic acids is 4. The molecular formula is C73H80Cl2O10. The van der Waals surface area contributed by atoms with Crippen molar-refractivity contribution in [2.45, 2.75) is 138 Å². The third-order valence-electron chi connectivity index (χ3n) is 20.7. The molecule has 0 aliphatic heterocycles. The predicted molar refractivity (Wildman–Crippen MR) is 336 cm³/mol. The first kappa shape index (κ1) is 61.2. The van der Waals surface area contributed by atoms with Crippen LogP contribution in [0.25, 0.3) is 27.8 Å². The van der Waals surface area contributed by atoms with Crippen molar-refractivity contribution >= 4 is 52.7 Å². The number of carboxylic acids is 4. The molecule has 10 rings (SSSR count). The Morgan fingerprint density at radius 1 is 0.576 bits per heavy atom. The van der Waals surface area contributed by atoms with E-state index in [1.165, 1.54) is 82.8 Å². The maximum Gasteiger partial charge on any atom is 0.339 e. The molecule has 0 radical (unpaired) electrons. The van der Waals surface area contributed by atoms with Gasteiger partial charge in [-0.3, -0.25) is 0 Å². The van der Waals surface area contributed by atoms with Crippen molar-refractivity contribution in [3.05, 3.63) is 182 Å². The number of hydrogen-bond donors (Lipinski definition) is 4. The van der Waals surface area contributed by atoms with Gasteiger partial charge in [0.2, 0.25) is 0 Å². The molecule has 4 saturated carbocycles. The Morgan fingerprint density at radius 2 is 1.07 bits per heavy atom. The second-order valence-electron chi connectivity index (χ2n) is 26.0. The molecule has 0 saturated heterocycles. The molecule has 4 N–H and O–H groups in total. The highest BCUT2D eigenvalue weighted by Gasteiger charge is 2.60. The maximum atomic E-state index is 13.2. The normalized spacial score (nSPS) is 23.7. The quantitative estimate of drug-likeness (QED) is 0.0514. The zero-order valence-electron chi connectivity index (χ0n) is 49.6. The number of carbonyl (C=O) groups is 4. The first-order valence-electron chi connectivity index (χ1n) is 30.7. The van der Waals surface area contributed by atoms with E-state index >= 15 is 0 Å². The highest BCUT2D eigenvalue weighted by atomic mass is 35.5. The van der Waals surface area contributed by atoms with Crippen molar-refractivity contribution < 1.29 is 49.1 Å². The Balaban J connectivity index is 0.896. The van der Waals surface area contributed by atoms with Crippen molar-refractivity contribution in [1.29, 1.82) is 0 Å². The van der Waals surface area contributed by atoms with Crippen LogP contribution < -0.4 is 9.47 Å². The summed E-state index contributed by atoms with van der Waals surface area (Å²) in [6.45, 7) is 12.5. The molecule has 0 heterocycles. The van der Waals surface area contributed by atoms with Crippen LogP contribution in [0, 0.1) is 58.2 Å². The van der Waals surface area contributed by atoms with Gasteiger partial charge in [-0.2, -0.15) is 0 Å². The summed E-state index contributed by atoms with van der Waals surface area (Å²) < 4.78 is 12.4. The summed E-state index contributed by atoms with van der Waals surface area (Å²) >= 11 is 14.1. The standard InChI is InChI=1S/C73H80Cl2O10/c1-43(2)12-10-13-44(3)61-30-31-62-58-29-28-52-36-45(32-34-72(52,4)63(58)33-35-73(61,62)5)14-11-19-53(50-37-59(70(80)81)66(64(74)39-50)84-41-46-20-24-48(25-21-46)54-15-6-8-17-56(54)68(76)77)51-38-60(71(82)83)67(65(75)40-51)85-42-47-22-26-49(27-23-47)55-16-7-9-18-57(55)69(78)79/h6-9,15-27,37-40,43-45,52,58,61-63H,10-14,28-36,41-42H2,1-5H3,(H,76,77)(H,78,79)(H,80,81)(H,82,83)/t44?,45-,52-,58-,61+,62-,63-,72-,73+/m0/s1. The van der Waals surface area contributed by atoms with Crippen molar-refractivity contribution in [3.8, 4) is 33.8 Å². The van der Waals surface area contributed by atoms with Crippen LogP contribution in [0.4, 0.5) is 0 Å². The summed E-state index contributed by atoms with van der Waals surface area (Å²) in [7, 11) is 0. The Hall–Kier alpha value is -6.88. The lowest BCUT2D eigenvalue weighted by atomic mass is 9.44. The van der Waals surface area contributed by atoms with Crippen molar-refractivity contribution in [2.24, 2.45) is 58.2 Å². The molecule has 0 amide bonds. The van der Waals surface area contributed by atoms with Crippen LogP contribution in [0.15, 0.2) is 127 Å². The van der Waals surface area contributed by atoms with E-state index in [2.05, 4.69) is 40.7 Å². The molecule has 4 fully saturated rings. The van der Waals surface area contributed by atoms with E-state index in [-0.39, 0.29) is 57.0 Å². The van der Waals surface area contributed by atoms with Crippen LogP contribution in [0.3, 0.4) is 0 Å². The smallest absolute Gasteiger partial charge is 0.339 e. The van der Waals surface area contributed by atoms with Crippen LogP contribution in [-0.4, -0.2) is 44.3 Å². The predicted octanol–water partition coefficient (Wildman–Crippen LogP) is 19.2. The average molecular weight is 1190 g/mol. The van der Waals surface area contributed by atoms with E-state index in [1.54, 1.807) is 109 Å². The minimum absolute atomic E-state index is 0.0355. The summed E-state index contributed by atoms with van der Waals surface area (Å²) in [4.78, 5) is 50.3. The fraction of sp³-hybridized carbons (Fsp3) is 0.425. The lowest BCUT2D eigenvalue weighted by molar-refractivity contribution is -0.121. The van der Waals surface area contributed by atoms with Gasteiger partial charge in [0.05, 0.1) is 21.2 Å². The van der Waals surface area contributed by atoms with Crippen molar-refractivity contribution in [1.82, 2.24) is 0 Å². The minimum atomic E-state index is -1.27. The van der Waals surface area contributed by atoms with Gasteiger partial charge in [0.25, 0.3) is 0 Å².